The normalized spacial score (nSPS) is 22.3. The van der Waals surface area contributed by atoms with Crippen LogP contribution in [0, 0.1) is 0 Å². The molecule has 7 nitrogen and oxygen atoms in total. The summed E-state index contributed by atoms with van der Waals surface area (Å²) in [6.45, 7) is 0.473. The Kier molecular flexibility index (Phi) is 4.23. The van der Waals surface area contributed by atoms with Crippen molar-refractivity contribution in [3.8, 4) is 0 Å². The molecule has 1 fully saturated rings. The summed E-state index contributed by atoms with van der Waals surface area (Å²) in [4.78, 5) is 26.0. The highest BCUT2D eigenvalue weighted by Gasteiger charge is 2.31. The first kappa shape index (κ1) is 15.8. The van der Waals surface area contributed by atoms with E-state index in [2.05, 4.69) is 0 Å². The Bertz CT molecular complexity index is 765. The lowest BCUT2D eigenvalue weighted by Gasteiger charge is -2.24. The molecule has 2 aromatic rings. The largest absolute Gasteiger partial charge is 0.420 e. The van der Waals surface area contributed by atoms with Crippen LogP contribution in [0.3, 0.4) is 0 Å². The van der Waals surface area contributed by atoms with Crippen molar-refractivity contribution in [3.63, 3.8) is 0 Å². The van der Waals surface area contributed by atoms with Crippen LogP contribution in [0.15, 0.2) is 33.5 Å². The minimum Gasteiger partial charge on any atom is -0.408 e. The summed E-state index contributed by atoms with van der Waals surface area (Å²) in [7, 11) is 0. The maximum Gasteiger partial charge on any atom is 0.420 e. The zero-order valence-electron chi connectivity index (χ0n) is 12.8. The van der Waals surface area contributed by atoms with Crippen LogP contribution in [-0.2, 0) is 11.3 Å². The van der Waals surface area contributed by atoms with E-state index < -0.39 is 11.4 Å². The van der Waals surface area contributed by atoms with Gasteiger partial charge in [-0.25, -0.2) is 4.79 Å². The van der Waals surface area contributed by atoms with Gasteiger partial charge >= 0.3 is 5.76 Å². The van der Waals surface area contributed by atoms with Crippen LogP contribution in [0.1, 0.15) is 19.3 Å². The summed E-state index contributed by atoms with van der Waals surface area (Å²) in [5.74, 6) is -0.748. The van der Waals surface area contributed by atoms with E-state index in [4.69, 9.17) is 4.42 Å². The summed E-state index contributed by atoms with van der Waals surface area (Å²) in [5, 5.41) is 19.4. The number of nitrogens with zero attached hydrogens (tertiary/aromatic N) is 2. The third-order valence-electron chi connectivity index (χ3n) is 4.43. The van der Waals surface area contributed by atoms with Gasteiger partial charge < -0.3 is 19.5 Å². The highest BCUT2D eigenvalue weighted by atomic mass is 16.4. The third kappa shape index (κ3) is 3.16. The fourth-order valence-electron chi connectivity index (χ4n) is 2.99. The van der Waals surface area contributed by atoms with Crippen LogP contribution in [0.5, 0.6) is 0 Å². The van der Waals surface area contributed by atoms with Crippen molar-refractivity contribution >= 4 is 17.0 Å². The first-order valence-corrected chi connectivity index (χ1v) is 7.72. The molecule has 3 rings (SSSR count). The lowest BCUT2D eigenvalue weighted by Crippen LogP contribution is -2.38. The van der Waals surface area contributed by atoms with Crippen LogP contribution >= 0.6 is 0 Å². The molecular weight excluding hydrogens is 300 g/mol. The number of hydrogen-bond acceptors (Lipinski definition) is 5. The van der Waals surface area contributed by atoms with Gasteiger partial charge in [0.25, 0.3) is 0 Å². The number of para-hydroxylation sites is 2. The number of oxazole rings is 1. The molecule has 1 amide bonds. The SMILES string of the molecule is O=C(Cn1c(=O)oc2ccccc21)N1CCCC(O)(CO)CC1. The average molecular weight is 320 g/mol. The predicted molar refractivity (Wildman–Crippen MR) is 82.9 cm³/mol. The smallest absolute Gasteiger partial charge is 0.408 e. The fourth-order valence-corrected chi connectivity index (χ4v) is 2.99. The number of aliphatic hydroxyl groups excluding tert-OH is 1. The highest BCUT2D eigenvalue weighted by Crippen LogP contribution is 2.22. The maximum absolute atomic E-state index is 12.5. The van der Waals surface area contributed by atoms with E-state index in [0.717, 1.165) is 0 Å². The van der Waals surface area contributed by atoms with Crippen LogP contribution in [-0.4, -0.2) is 50.9 Å². The molecule has 1 aliphatic rings. The summed E-state index contributed by atoms with van der Waals surface area (Å²) in [6, 6.07) is 6.97. The Morgan fingerprint density at radius 3 is 2.83 bits per heavy atom. The molecule has 0 saturated carbocycles. The van der Waals surface area contributed by atoms with Gasteiger partial charge in [-0.1, -0.05) is 12.1 Å². The molecule has 1 aromatic heterocycles. The Balaban J connectivity index is 1.76. The second-order valence-electron chi connectivity index (χ2n) is 6.04. The molecule has 0 bridgehead atoms. The van der Waals surface area contributed by atoms with E-state index in [1.807, 2.05) is 0 Å². The van der Waals surface area contributed by atoms with Gasteiger partial charge in [0.2, 0.25) is 5.91 Å². The van der Waals surface area contributed by atoms with E-state index in [9.17, 15) is 19.8 Å². The fraction of sp³-hybridized carbons (Fsp3) is 0.500. The van der Waals surface area contributed by atoms with Crippen molar-refractivity contribution in [1.82, 2.24) is 9.47 Å². The Morgan fingerprint density at radius 1 is 1.26 bits per heavy atom. The van der Waals surface area contributed by atoms with Crippen LogP contribution < -0.4 is 5.76 Å². The van der Waals surface area contributed by atoms with Gasteiger partial charge in [-0.3, -0.25) is 9.36 Å². The molecule has 0 aliphatic carbocycles. The summed E-state index contributed by atoms with van der Waals surface area (Å²) in [5.41, 5.74) is -0.0721. The average Bonchev–Trinajstić information content (AvgIpc) is 2.73. The van der Waals surface area contributed by atoms with Crippen LogP contribution in [0.4, 0.5) is 0 Å². The summed E-state index contributed by atoms with van der Waals surface area (Å²) in [6.07, 6.45) is 1.40. The number of rotatable bonds is 3. The Morgan fingerprint density at radius 2 is 2.04 bits per heavy atom. The van der Waals surface area contributed by atoms with Crippen molar-refractivity contribution in [3.05, 3.63) is 34.8 Å². The topological polar surface area (TPSA) is 95.9 Å². The molecule has 0 radical (unpaired) electrons. The molecule has 124 valence electrons. The van der Waals surface area contributed by atoms with E-state index in [-0.39, 0.29) is 19.1 Å². The second kappa shape index (κ2) is 6.17. The number of carbonyl (C=O) groups is 1. The number of likely N-dealkylation sites (tertiary alicyclic amines) is 1. The lowest BCUT2D eigenvalue weighted by molar-refractivity contribution is -0.132. The van der Waals surface area contributed by atoms with Gasteiger partial charge in [-0.05, 0) is 31.4 Å². The van der Waals surface area contributed by atoms with E-state index in [0.29, 0.717) is 43.5 Å². The molecule has 2 heterocycles. The van der Waals surface area contributed by atoms with Crippen LogP contribution in [0.25, 0.3) is 11.1 Å². The van der Waals surface area contributed by atoms with Crippen LogP contribution in [0.2, 0.25) is 0 Å². The summed E-state index contributed by atoms with van der Waals surface area (Å²) >= 11 is 0. The molecule has 1 unspecified atom stereocenters. The molecule has 0 spiro atoms. The third-order valence-corrected chi connectivity index (χ3v) is 4.43. The molecule has 1 aliphatic heterocycles. The molecule has 1 saturated heterocycles. The minimum absolute atomic E-state index is 0.0899. The quantitative estimate of drug-likeness (QED) is 0.850. The number of carbonyl (C=O) groups excluding carboxylic acids is 1. The van der Waals surface area contributed by atoms with Crippen molar-refractivity contribution in [1.29, 1.82) is 0 Å². The van der Waals surface area contributed by atoms with Gasteiger partial charge in [0.15, 0.2) is 5.58 Å². The number of amides is 1. The first-order valence-electron chi connectivity index (χ1n) is 7.72. The van der Waals surface area contributed by atoms with Gasteiger partial charge in [0, 0.05) is 13.1 Å². The summed E-state index contributed by atoms with van der Waals surface area (Å²) < 4.78 is 6.45. The van der Waals surface area contributed by atoms with E-state index in [1.165, 1.54) is 4.57 Å². The second-order valence-corrected chi connectivity index (χ2v) is 6.04. The monoisotopic (exact) mass is 320 g/mol. The maximum atomic E-state index is 12.5. The number of hydrogen-bond donors (Lipinski definition) is 2. The van der Waals surface area contributed by atoms with Gasteiger partial charge in [-0.15, -0.1) is 0 Å². The first-order chi connectivity index (χ1) is 11.0. The molecule has 1 atom stereocenters. The van der Waals surface area contributed by atoms with E-state index in [1.54, 1.807) is 29.2 Å². The molecule has 2 N–H and O–H groups in total. The standard InChI is InChI=1S/C16H20N2O5/c19-11-16(22)6-3-8-17(9-7-16)14(20)10-18-12-4-1-2-5-13(12)23-15(18)21/h1-2,4-5,19,22H,3,6-11H2. The lowest BCUT2D eigenvalue weighted by atomic mass is 9.96. The van der Waals surface area contributed by atoms with Gasteiger partial charge in [0.1, 0.15) is 6.54 Å². The molecule has 7 heteroatoms. The predicted octanol–water partition coefficient (Wildman–Crippen LogP) is 0.330. The highest BCUT2D eigenvalue weighted by molar-refractivity contribution is 5.79. The van der Waals surface area contributed by atoms with E-state index >= 15 is 0 Å². The number of benzene rings is 1. The van der Waals surface area contributed by atoms with Crippen molar-refractivity contribution in [2.45, 2.75) is 31.4 Å². The van der Waals surface area contributed by atoms with Crippen molar-refractivity contribution in [2.24, 2.45) is 0 Å². The molecule has 23 heavy (non-hydrogen) atoms. The van der Waals surface area contributed by atoms with Crippen molar-refractivity contribution < 1.29 is 19.4 Å². The zero-order chi connectivity index (χ0) is 16.4. The number of fused-ring (bicyclic) bond motifs is 1. The molecular formula is C16H20N2O5. The number of aromatic nitrogens is 1. The minimum atomic E-state index is -1.12. The van der Waals surface area contributed by atoms with Gasteiger partial charge in [-0.2, -0.15) is 0 Å². The zero-order valence-corrected chi connectivity index (χ0v) is 12.8. The Hall–Kier alpha value is -2.12. The van der Waals surface area contributed by atoms with Crippen molar-refractivity contribution in [2.75, 3.05) is 19.7 Å². The van der Waals surface area contributed by atoms with Gasteiger partial charge in [0.05, 0.1) is 17.7 Å². The Labute approximate surface area is 132 Å². The molecule has 1 aromatic carbocycles. The number of aliphatic hydroxyl groups is 2.